The van der Waals surface area contributed by atoms with Gasteiger partial charge in [0, 0.05) is 6.54 Å². The number of thioether (sulfide) groups is 1. The highest BCUT2D eigenvalue weighted by molar-refractivity contribution is 7.99. The summed E-state index contributed by atoms with van der Waals surface area (Å²) in [6, 6.07) is 16.3. The SMILES string of the molecule is O=C(CSc1nc2ccccc2c(=O)n1-c1cccc(C(F)(F)F)c1)NCc1ccc2c(c1)OCO2. The van der Waals surface area contributed by atoms with E-state index in [1.54, 1.807) is 42.5 Å². The fourth-order valence-electron chi connectivity index (χ4n) is 3.69. The molecule has 0 spiro atoms. The van der Waals surface area contributed by atoms with Gasteiger partial charge in [0.2, 0.25) is 12.7 Å². The number of benzene rings is 3. The van der Waals surface area contributed by atoms with Crippen LogP contribution in [0.4, 0.5) is 13.2 Å². The van der Waals surface area contributed by atoms with Crippen molar-refractivity contribution >= 4 is 28.6 Å². The Morgan fingerprint density at radius 3 is 2.67 bits per heavy atom. The first-order valence-electron chi connectivity index (χ1n) is 10.8. The normalized spacial score (nSPS) is 12.6. The third kappa shape index (κ3) is 4.87. The van der Waals surface area contributed by atoms with E-state index in [1.165, 1.54) is 12.1 Å². The lowest BCUT2D eigenvalue weighted by atomic mass is 10.2. The number of nitrogens with zero attached hydrogens (tertiary/aromatic N) is 2. The average Bonchev–Trinajstić information content (AvgIpc) is 3.34. The number of hydrogen-bond donors (Lipinski definition) is 1. The standard InChI is InChI=1S/C25H18F3N3O4S/c26-25(27,28)16-4-3-5-17(11-16)31-23(33)18-6-1-2-7-19(18)30-24(31)36-13-22(32)29-12-15-8-9-20-21(10-15)35-14-34-20/h1-11H,12-14H2,(H,29,32). The number of aromatic nitrogens is 2. The molecule has 2 heterocycles. The molecule has 0 radical (unpaired) electrons. The summed E-state index contributed by atoms with van der Waals surface area (Å²) in [7, 11) is 0. The molecule has 0 saturated carbocycles. The lowest BCUT2D eigenvalue weighted by Gasteiger charge is -2.15. The molecule has 3 aromatic carbocycles. The molecule has 1 N–H and O–H groups in total. The molecule has 1 aromatic heterocycles. The smallest absolute Gasteiger partial charge is 0.416 e. The summed E-state index contributed by atoms with van der Waals surface area (Å²) in [5, 5.41) is 3.14. The molecule has 0 unspecified atom stereocenters. The van der Waals surface area contributed by atoms with Crippen molar-refractivity contribution in [1.82, 2.24) is 14.9 Å². The molecule has 1 aliphatic heterocycles. The molecule has 36 heavy (non-hydrogen) atoms. The van der Waals surface area contributed by atoms with E-state index < -0.39 is 17.3 Å². The molecular formula is C25H18F3N3O4S. The van der Waals surface area contributed by atoms with Crippen LogP contribution in [0.1, 0.15) is 11.1 Å². The molecule has 11 heteroatoms. The van der Waals surface area contributed by atoms with Crippen LogP contribution in [0.15, 0.2) is 76.7 Å². The van der Waals surface area contributed by atoms with Crippen molar-refractivity contribution in [2.75, 3.05) is 12.5 Å². The first-order valence-corrected chi connectivity index (χ1v) is 11.8. The maximum absolute atomic E-state index is 13.3. The summed E-state index contributed by atoms with van der Waals surface area (Å²) in [5.41, 5.74) is -0.215. The van der Waals surface area contributed by atoms with E-state index in [-0.39, 0.29) is 41.2 Å². The van der Waals surface area contributed by atoms with Crippen LogP contribution in [0.2, 0.25) is 0 Å². The Morgan fingerprint density at radius 1 is 1.03 bits per heavy atom. The van der Waals surface area contributed by atoms with Gasteiger partial charge in [-0.25, -0.2) is 4.98 Å². The van der Waals surface area contributed by atoms with Crippen molar-refractivity contribution in [2.45, 2.75) is 17.9 Å². The second-order valence-electron chi connectivity index (χ2n) is 7.85. The first-order chi connectivity index (χ1) is 17.3. The van der Waals surface area contributed by atoms with Gasteiger partial charge in [0.05, 0.1) is 27.9 Å². The predicted octanol–water partition coefficient (Wildman–Crippen LogP) is 4.54. The molecule has 184 valence electrons. The number of halogens is 3. The average molecular weight is 513 g/mol. The van der Waals surface area contributed by atoms with Crippen molar-refractivity contribution in [3.8, 4) is 17.2 Å². The van der Waals surface area contributed by atoms with Gasteiger partial charge in [-0.3, -0.25) is 14.2 Å². The minimum Gasteiger partial charge on any atom is -0.454 e. The van der Waals surface area contributed by atoms with Gasteiger partial charge >= 0.3 is 6.18 Å². The highest BCUT2D eigenvalue weighted by atomic mass is 32.2. The van der Waals surface area contributed by atoms with Crippen LogP contribution in [0, 0.1) is 0 Å². The summed E-state index contributed by atoms with van der Waals surface area (Å²) in [4.78, 5) is 30.3. The van der Waals surface area contributed by atoms with Gasteiger partial charge in [0.25, 0.3) is 5.56 Å². The Kier molecular flexibility index (Phi) is 6.31. The van der Waals surface area contributed by atoms with Gasteiger partial charge in [0.15, 0.2) is 16.7 Å². The number of nitrogens with one attached hydrogen (secondary N) is 1. The zero-order valence-corrected chi connectivity index (χ0v) is 19.4. The molecule has 5 rings (SSSR count). The molecule has 7 nitrogen and oxygen atoms in total. The Morgan fingerprint density at radius 2 is 1.83 bits per heavy atom. The summed E-state index contributed by atoms with van der Waals surface area (Å²) in [5.74, 6) is 0.793. The van der Waals surface area contributed by atoms with Crippen molar-refractivity contribution in [3.63, 3.8) is 0 Å². The molecule has 1 amide bonds. The van der Waals surface area contributed by atoms with E-state index in [4.69, 9.17) is 9.47 Å². The Hall–Kier alpha value is -3.99. The largest absolute Gasteiger partial charge is 0.454 e. The molecule has 0 atom stereocenters. The maximum Gasteiger partial charge on any atom is 0.416 e. The fraction of sp³-hybridized carbons (Fsp3) is 0.160. The van der Waals surface area contributed by atoms with Crippen LogP contribution in [0.3, 0.4) is 0 Å². The van der Waals surface area contributed by atoms with E-state index in [1.807, 2.05) is 0 Å². The fourth-order valence-corrected chi connectivity index (χ4v) is 4.53. The van der Waals surface area contributed by atoms with Gasteiger partial charge in [0.1, 0.15) is 0 Å². The molecular weight excluding hydrogens is 495 g/mol. The van der Waals surface area contributed by atoms with Crippen LogP contribution in [0.25, 0.3) is 16.6 Å². The number of fused-ring (bicyclic) bond motifs is 2. The van der Waals surface area contributed by atoms with Gasteiger partial charge in [-0.15, -0.1) is 0 Å². The van der Waals surface area contributed by atoms with E-state index in [9.17, 15) is 22.8 Å². The van der Waals surface area contributed by atoms with Gasteiger partial charge in [-0.05, 0) is 48.0 Å². The molecule has 1 aliphatic rings. The van der Waals surface area contributed by atoms with Crippen LogP contribution in [-0.2, 0) is 17.5 Å². The topological polar surface area (TPSA) is 82.5 Å². The van der Waals surface area contributed by atoms with E-state index in [0.29, 0.717) is 17.0 Å². The summed E-state index contributed by atoms with van der Waals surface area (Å²) in [6.45, 7) is 0.385. The molecule has 4 aromatic rings. The number of carbonyl (C=O) groups is 1. The lowest BCUT2D eigenvalue weighted by Crippen LogP contribution is -2.26. The van der Waals surface area contributed by atoms with Crippen LogP contribution in [-0.4, -0.2) is 28.0 Å². The molecule has 0 aliphatic carbocycles. The van der Waals surface area contributed by atoms with Gasteiger partial charge in [-0.2, -0.15) is 13.2 Å². The highest BCUT2D eigenvalue weighted by Crippen LogP contribution is 2.33. The molecule has 0 fully saturated rings. The monoisotopic (exact) mass is 513 g/mol. The second kappa shape index (κ2) is 9.57. The quantitative estimate of drug-likeness (QED) is 0.301. The van der Waals surface area contributed by atoms with Crippen LogP contribution < -0.4 is 20.3 Å². The van der Waals surface area contributed by atoms with Gasteiger partial charge < -0.3 is 14.8 Å². The van der Waals surface area contributed by atoms with E-state index >= 15 is 0 Å². The zero-order valence-electron chi connectivity index (χ0n) is 18.5. The first kappa shape index (κ1) is 23.7. The minimum atomic E-state index is -4.58. The van der Waals surface area contributed by atoms with Gasteiger partial charge in [-0.1, -0.05) is 36.0 Å². The number of hydrogen-bond acceptors (Lipinski definition) is 6. The number of para-hydroxylation sites is 1. The summed E-state index contributed by atoms with van der Waals surface area (Å²) >= 11 is 0.961. The Balaban J connectivity index is 1.39. The van der Waals surface area contributed by atoms with Crippen molar-refractivity contribution in [1.29, 1.82) is 0 Å². The van der Waals surface area contributed by atoms with E-state index in [2.05, 4.69) is 10.3 Å². The van der Waals surface area contributed by atoms with Crippen molar-refractivity contribution < 1.29 is 27.4 Å². The number of rotatable bonds is 6. The van der Waals surface area contributed by atoms with Crippen molar-refractivity contribution in [2.24, 2.45) is 0 Å². The maximum atomic E-state index is 13.3. The third-order valence-corrected chi connectivity index (χ3v) is 6.37. The number of amides is 1. The summed E-state index contributed by atoms with van der Waals surface area (Å²) in [6.07, 6.45) is -4.58. The lowest BCUT2D eigenvalue weighted by molar-refractivity contribution is -0.137. The Bertz CT molecular complexity index is 1520. The highest BCUT2D eigenvalue weighted by Gasteiger charge is 2.31. The second-order valence-corrected chi connectivity index (χ2v) is 8.80. The predicted molar refractivity (Wildman–Crippen MR) is 127 cm³/mol. The summed E-state index contributed by atoms with van der Waals surface area (Å²) < 4.78 is 51.6. The number of alkyl halides is 3. The van der Waals surface area contributed by atoms with Crippen LogP contribution >= 0.6 is 11.8 Å². The number of ether oxygens (including phenoxy) is 2. The van der Waals surface area contributed by atoms with Crippen LogP contribution in [0.5, 0.6) is 11.5 Å². The minimum absolute atomic E-state index is 0.0105. The molecule has 0 bridgehead atoms. The van der Waals surface area contributed by atoms with E-state index in [0.717, 1.165) is 34.0 Å². The van der Waals surface area contributed by atoms with Crippen molar-refractivity contribution in [3.05, 3.63) is 88.2 Å². The zero-order chi connectivity index (χ0) is 25.3. The number of carbonyl (C=O) groups excluding carboxylic acids is 1. The third-order valence-electron chi connectivity index (χ3n) is 5.44. The molecule has 0 saturated heterocycles. The Labute approximate surface area is 206 Å².